The zero-order valence-corrected chi connectivity index (χ0v) is 15.4. The van der Waals surface area contributed by atoms with Crippen LogP contribution in [-0.2, 0) is 4.79 Å². The first-order valence-electron chi connectivity index (χ1n) is 9.10. The first-order valence-corrected chi connectivity index (χ1v) is 9.48. The fourth-order valence-electron chi connectivity index (χ4n) is 3.33. The molecular formula is C18H22ClN5O2. The van der Waals surface area contributed by atoms with E-state index in [0.29, 0.717) is 29.2 Å². The number of hydrogen-bond donors (Lipinski definition) is 1. The van der Waals surface area contributed by atoms with Crippen LogP contribution in [0.5, 0.6) is 0 Å². The molecule has 8 heteroatoms. The molecular weight excluding hydrogens is 354 g/mol. The number of aromatic nitrogens is 3. The summed E-state index contributed by atoms with van der Waals surface area (Å²) >= 11 is 5.83. The zero-order valence-electron chi connectivity index (χ0n) is 14.7. The minimum atomic E-state index is -0.0884. The highest BCUT2D eigenvalue weighted by atomic mass is 35.5. The van der Waals surface area contributed by atoms with Crippen molar-refractivity contribution in [3.05, 3.63) is 35.1 Å². The first-order chi connectivity index (χ1) is 12.6. The van der Waals surface area contributed by atoms with Crippen molar-refractivity contribution in [1.29, 1.82) is 0 Å². The van der Waals surface area contributed by atoms with Gasteiger partial charge in [-0.1, -0.05) is 16.8 Å². The van der Waals surface area contributed by atoms with Gasteiger partial charge in [-0.3, -0.25) is 9.69 Å². The molecule has 0 radical (unpaired) electrons. The minimum absolute atomic E-state index is 0.0130. The normalized spacial score (nSPS) is 22.2. The predicted molar refractivity (Wildman–Crippen MR) is 96.9 cm³/mol. The van der Waals surface area contributed by atoms with Crippen molar-refractivity contribution >= 4 is 23.3 Å². The Labute approximate surface area is 157 Å². The Hall–Kier alpha value is -1.99. The number of anilines is 1. The van der Waals surface area contributed by atoms with Crippen LogP contribution in [0.2, 0.25) is 5.02 Å². The fraction of sp³-hybridized carbons (Fsp3) is 0.556. The number of carbonyl (C=O) groups is 1. The van der Waals surface area contributed by atoms with Crippen molar-refractivity contribution in [2.75, 3.05) is 18.4 Å². The Bertz CT molecular complexity index is 774. The third kappa shape index (κ3) is 3.88. The Morgan fingerprint density at radius 3 is 2.96 bits per heavy atom. The number of piperidine rings is 1. The van der Waals surface area contributed by atoms with E-state index < -0.39 is 0 Å². The quantitative estimate of drug-likeness (QED) is 0.862. The molecule has 2 atom stereocenters. The van der Waals surface area contributed by atoms with Gasteiger partial charge in [0.25, 0.3) is 0 Å². The molecule has 2 aliphatic rings. The van der Waals surface area contributed by atoms with Crippen molar-refractivity contribution in [2.24, 2.45) is 5.92 Å². The number of carbonyl (C=O) groups excluding carboxylic acids is 1. The second-order valence-electron chi connectivity index (χ2n) is 7.13. The lowest BCUT2D eigenvalue weighted by atomic mass is 9.96. The van der Waals surface area contributed by atoms with E-state index >= 15 is 0 Å². The molecule has 1 N–H and O–H groups in total. The van der Waals surface area contributed by atoms with Crippen molar-refractivity contribution < 1.29 is 9.32 Å². The van der Waals surface area contributed by atoms with Crippen LogP contribution in [0.3, 0.4) is 0 Å². The second kappa shape index (κ2) is 7.32. The van der Waals surface area contributed by atoms with Gasteiger partial charge >= 0.3 is 0 Å². The summed E-state index contributed by atoms with van der Waals surface area (Å²) in [6, 6.07) is 3.44. The Morgan fingerprint density at radius 2 is 2.23 bits per heavy atom. The number of pyridine rings is 1. The SMILES string of the molecule is CC(c1nc(C2CC2)no1)N1CCCC(C(=O)Nc2ccc(Cl)cn2)C1. The lowest BCUT2D eigenvalue weighted by molar-refractivity contribution is -0.121. The van der Waals surface area contributed by atoms with Crippen molar-refractivity contribution in [3.8, 4) is 0 Å². The summed E-state index contributed by atoms with van der Waals surface area (Å²) in [6.07, 6.45) is 5.65. The predicted octanol–water partition coefficient (Wildman–Crippen LogP) is 3.41. The highest BCUT2D eigenvalue weighted by Gasteiger charge is 2.33. The van der Waals surface area contributed by atoms with Crippen molar-refractivity contribution in [1.82, 2.24) is 20.0 Å². The first kappa shape index (κ1) is 17.4. The number of nitrogens with one attached hydrogen (secondary N) is 1. The van der Waals surface area contributed by atoms with E-state index in [-0.39, 0.29) is 17.9 Å². The number of nitrogens with zero attached hydrogens (tertiary/aromatic N) is 4. The van der Waals surface area contributed by atoms with Gasteiger partial charge in [-0.25, -0.2) is 4.98 Å². The molecule has 1 aliphatic heterocycles. The highest BCUT2D eigenvalue weighted by molar-refractivity contribution is 6.30. The van der Waals surface area contributed by atoms with Crippen LogP contribution in [0.1, 0.15) is 56.3 Å². The van der Waals surface area contributed by atoms with Crippen LogP contribution < -0.4 is 5.32 Å². The van der Waals surface area contributed by atoms with E-state index in [4.69, 9.17) is 16.1 Å². The fourth-order valence-corrected chi connectivity index (χ4v) is 3.44. The maximum absolute atomic E-state index is 12.6. The lowest BCUT2D eigenvalue weighted by Crippen LogP contribution is -2.42. The van der Waals surface area contributed by atoms with Gasteiger partial charge in [0.1, 0.15) is 5.82 Å². The molecule has 138 valence electrons. The van der Waals surface area contributed by atoms with Gasteiger partial charge in [-0.05, 0) is 51.3 Å². The molecule has 1 saturated heterocycles. The largest absolute Gasteiger partial charge is 0.338 e. The molecule has 2 aromatic rings. The molecule has 26 heavy (non-hydrogen) atoms. The Kier molecular flexibility index (Phi) is 4.91. The molecule has 0 bridgehead atoms. The maximum Gasteiger partial charge on any atom is 0.243 e. The standard InChI is InChI=1S/C18H22ClN5O2/c1-11(18-22-16(23-26-18)12-4-5-12)24-8-2-3-13(10-24)17(25)21-15-7-6-14(19)9-20-15/h6-7,9,11-13H,2-5,8,10H2,1H3,(H,20,21,25). The summed E-state index contributed by atoms with van der Waals surface area (Å²) in [4.78, 5) is 23.5. The average molecular weight is 376 g/mol. The smallest absolute Gasteiger partial charge is 0.243 e. The van der Waals surface area contributed by atoms with Gasteiger partial charge < -0.3 is 9.84 Å². The van der Waals surface area contributed by atoms with Crippen LogP contribution in [-0.4, -0.2) is 39.0 Å². The number of hydrogen-bond acceptors (Lipinski definition) is 6. The monoisotopic (exact) mass is 375 g/mol. The lowest BCUT2D eigenvalue weighted by Gasteiger charge is -2.34. The van der Waals surface area contributed by atoms with Gasteiger partial charge in [0.2, 0.25) is 11.8 Å². The molecule has 4 rings (SSSR count). The van der Waals surface area contributed by atoms with Crippen LogP contribution in [0.15, 0.2) is 22.9 Å². The summed E-state index contributed by atoms with van der Waals surface area (Å²) in [6.45, 7) is 3.65. The third-order valence-electron chi connectivity index (χ3n) is 5.11. The van der Waals surface area contributed by atoms with E-state index in [1.165, 1.54) is 6.20 Å². The van der Waals surface area contributed by atoms with Crippen molar-refractivity contribution in [3.63, 3.8) is 0 Å². The minimum Gasteiger partial charge on any atom is -0.338 e. The molecule has 1 amide bonds. The molecule has 3 heterocycles. The molecule has 1 saturated carbocycles. The molecule has 7 nitrogen and oxygen atoms in total. The van der Waals surface area contributed by atoms with Crippen LogP contribution in [0.4, 0.5) is 5.82 Å². The van der Waals surface area contributed by atoms with E-state index in [1.807, 2.05) is 0 Å². The summed E-state index contributed by atoms with van der Waals surface area (Å²) < 4.78 is 5.46. The van der Waals surface area contributed by atoms with Gasteiger partial charge in [-0.2, -0.15) is 4.98 Å². The molecule has 2 fully saturated rings. The average Bonchev–Trinajstić information content (AvgIpc) is 3.40. The summed E-state index contributed by atoms with van der Waals surface area (Å²) in [5.74, 6) is 2.37. The maximum atomic E-state index is 12.6. The second-order valence-corrected chi connectivity index (χ2v) is 7.56. The number of likely N-dealkylation sites (tertiary alicyclic amines) is 1. The van der Waals surface area contributed by atoms with Crippen molar-refractivity contribution in [2.45, 2.75) is 44.6 Å². The molecule has 2 unspecified atom stereocenters. The van der Waals surface area contributed by atoms with Gasteiger partial charge in [0.05, 0.1) is 17.0 Å². The van der Waals surface area contributed by atoms with Gasteiger partial charge in [0.15, 0.2) is 5.82 Å². The summed E-state index contributed by atoms with van der Waals surface area (Å²) in [5.41, 5.74) is 0. The van der Waals surface area contributed by atoms with E-state index in [0.717, 1.165) is 38.1 Å². The zero-order chi connectivity index (χ0) is 18.1. The van der Waals surface area contributed by atoms with Crippen LogP contribution in [0, 0.1) is 5.92 Å². The molecule has 1 aliphatic carbocycles. The number of amides is 1. The van der Waals surface area contributed by atoms with E-state index in [9.17, 15) is 4.79 Å². The van der Waals surface area contributed by atoms with Crippen LogP contribution in [0.25, 0.3) is 0 Å². The van der Waals surface area contributed by atoms with E-state index in [1.54, 1.807) is 12.1 Å². The topological polar surface area (TPSA) is 84.2 Å². The number of rotatable bonds is 5. The molecule has 0 aromatic carbocycles. The third-order valence-corrected chi connectivity index (χ3v) is 5.33. The summed E-state index contributed by atoms with van der Waals surface area (Å²) in [5, 5.41) is 7.53. The molecule has 0 spiro atoms. The highest BCUT2D eigenvalue weighted by Crippen LogP contribution is 2.39. The molecule has 2 aromatic heterocycles. The Morgan fingerprint density at radius 1 is 1.38 bits per heavy atom. The Balaban J connectivity index is 1.38. The van der Waals surface area contributed by atoms with Crippen LogP contribution >= 0.6 is 11.6 Å². The van der Waals surface area contributed by atoms with Gasteiger partial charge in [-0.15, -0.1) is 0 Å². The number of halogens is 1. The summed E-state index contributed by atoms with van der Waals surface area (Å²) in [7, 11) is 0. The van der Waals surface area contributed by atoms with E-state index in [2.05, 4.69) is 32.3 Å². The van der Waals surface area contributed by atoms with Gasteiger partial charge in [0, 0.05) is 18.7 Å².